The second kappa shape index (κ2) is 7.64. The third-order valence-corrected chi connectivity index (χ3v) is 7.86. The average molecular weight is 470 g/mol. The van der Waals surface area contributed by atoms with E-state index in [1.54, 1.807) is 13.0 Å². The van der Waals surface area contributed by atoms with Gasteiger partial charge in [0.15, 0.2) is 34.7 Å². The van der Waals surface area contributed by atoms with Crippen molar-refractivity contribution in [1.82, 2.24) is 4.90 Å². The molecule has 34 heavy (non-hydrogen) atoms. The average Bonchev–Trinajstić information content (AvgIpc) is 2.73. The maximum Gasteiger partial charge on any atom is 0.235 e. The summed E-state index contributed by atoms with van der Waals surface area (Å²) in [4.78, 5) is 80.5. The standard InChI is InChI=1S/C24H26N2O8/c1-8-10-6-5-7-11(28)14(10)19(29)15-12(8)13(9(2)27)17-18(26(3)4)20(30)16(23(25)33)22(32)24(17,34)21(15)31/h5-8,12-13,15-18,28,34H,1-4H3,(H2,25,33). The number of carbonyl (C=O) groups is 6. The molecule has 8 unspecified atom stereocenters. The Morgan fingerprint density at radius 1 is 1.09 bits per heavy atom. The summed E-state index contributed by atoms with van der Waals surface area (Å²) in [5.41, 5.74) is 2.67. The van der Waals surface area contributed by atoms with E-state index in [4.69, 9.17) is 5.73 Å². The summed E-state index contributed by atoms with van der Waals surface area (Å²) in [5.74, 6) is -14.6. The molecule has 10 nitrogen and oxygen atoms in total. The number of aromatic hydroxyl groups is 1. The summed E-state index contributed by atoms with van der Waals surface area (Å²) in [6.45, 7) is 2.91. The highest BCUT2D eigenvalue weighted by atomic mass is 16.3. The molecule has 4 rings (SSSR count). The predicted molar refractivity (Wildman–Crippen MR) is 116 cm³/mol. The number of phenolic OH excluding ortho intramolecular Hbond substituents is 1. The van der Waals surface area contributed by atoms with Gasteiger partial charge in [-0.05, 0) is 44.5 Å². The van der Waals surface area contributed by atoms with Gasteiger partial charge in [-0.3, -0.25) is 33.7 Å². The van der Waals surface area contributed by atoms with Crippen molar-refractivity contribution in [2.24, 2.45) is 35.3 Å². The molecule has 1 aromatic carbocycles. The summed E-state index contributed by atoms with van der Waals surface area (Å²) in [7, 11) is 2.93. The van der Waals surface area contributed by atoms with E-state index in [1.165, 1.54) is 38.1 Å². The molecule has 0 bridgehead atoms. The molecular formula is C24H26N2O8. The van der Waals surface area contributed by atoms with Crippen LogP contribution in [0.2, 0.25) is 0 Å². The van der Waals surface area contributed by atoms with Crippen molar-refractivity contribution in [2.75, 3.05) is 14.1 Å². The fourth-order valence-electron chi connectivity index (χ4n) is 6.52. The number of phenols is 1. The van der Waals surface area contributed by atoms with Crippen molar-refractivity contribution in [3.8, 4) is 5.75 Å². The van der Waals surface area contributed by atoms with Crippen molar-refractivity contribution in [1.29, 1.82) is 0 Å². The van der Waals surface area contributed by atoms with Crippen LogP contribution in [0.25, 0.3) is 0 Å². The number of benzene rings is 1. The smallest absolute Gasteiger partial charge is 0.235 e. The highest BCUT2D eigenvalue weighted by molar-refractivity contribution is 6.32. The maximum absolute atomic E-state index is 13.8. The molecule has 1 aromatic rings. The summed E-state index contributed by atoms with van der Waals surface area (Å²) in [6, 6.07) is 3.08. The number of likely N-dealkylation sites (N-methyl/N-ethyl adjacent to an activating group) is 1. The number of hydrogen-bond acceptors (Lipinski definition) is 9. The number of Topliss-reactive ketones (excluding diaryl/α,β-unsaturated/α-hetero) is 5. The number of rotatable bonds is 3. The van der Waals surface area contributed by atoms with E-state index in [0.29, 0.717) is 5.56 Å². The van der Waals surface area contributed by atoms with Crippen LogP contribution in [-0.2, 0) is 24.0 Å². The number of hydrogen-bond donors (Lipinski definition) is 3. The van der Waals surface area contributed by atoms with Gasteiger partial charge in [-0.15, -0.1) is 0 Å². The molecule has 180 valence electrons. The van der Waals surface area contributed by atoms with Crippen LogP contribution in [0.3, 0.4) is 0 Å². The Morgan fingerprint density at radius 2 is 1.71 bits per heavy atom. The van der Waals surface area contributed by atoms with Gasteiger partial charge in [0.25, 0.3) is 0 Å². The Bertz CT molecular complexity index is 1170. The minimum absolute atomic E-state index is 0.108. The second-order valence-electron chi connectivity index (χ2n) is 9.75. The zero-order valence-corrected chi connectivity index (χ0v) is 19.1. The highest BCUT2D eigenvalue weighted by Gasteiger charge is 2.73. The summed E-state index contributed by atoms with van der Waals surface area (Å²) in [5, 5.41) is 22.1. The number of fused-ring (bicyclic) bond motifs is 3. The van der Waals surface area contributed by atoms with Crippen LogP contribution < -0.4 is 5.73 Å². The van der Waals surface area contributed by atoms with Crippen molar-refractivity contribution in [3.63, 3.8) is 0 Å². The number of amides is 1. The molecule has 4 N–H and O–H groups in total. The first-order chi connectivity index (χ1) is 15.8. The highest BCUT2D eigenvalue weighted by Crippen LogP contribution is 2.57. The molecule has 2 fully saturated rings. The number of primary amides is 1. The van der Waals surface area contributed by atoms with Crippen molar-refractivity contribution < 1.29 is 39.0 Å². The first kappa shape index (κ1) is 23.9. The molecular weight excluding hydrogens is 444 g/mol. The molecule has 0 heterocycles. The van der Waals surface area contributed by atoms with Crippen LogP contribution in [0, 0.1) is 29.6 Å². The summed E-state index contributed by atoms with van der Waals surface area (Å²) in [6.07, 6.45) is 0. The van der Waals surface area contributed by atoms with Crippen LogP contribution in [-0.4, -0.2) is 75.7 Å². The number of carbonyl (C=O) groups excluding carboxylic acids is 6. The molecule has 0 aliphatic heterocycles. The number of ketones is 5. The third-order valence-electron chi connectivity index (χ3n) is 7.86. The molecule has 10 heteroatoms. The van der Waals surface area contributed by atoms with E-state index in [9.17, 15) is 39.0 Å². The van der Waals surface area contributed by atoms with Crippen molar-refractivity contribution in [2.45, 2.75) is 31.4 Å². The Balaban J connectivity index is 2.04. The lowest BCUT2D eigenvalue weighted by atomic mass is 9.46. The lowest BCUT2D eigenvalue weighted by Gasteiger charge is -2.56. The van der Waals surface area contributed by atoms with E-state index < -0.39 is 82.0 Å². The summed E-state index contributed by atoms with van der Waals surface area (Å²) >= 11 is 0. The van der Waals surface area contributed by atoms with E-state index in [-0.39, 0.29) is 11.3 Å². The minimum atomic E-state index is -2.96. The van der Waals surface area contributed by atoms with E-state index in [2.05, 4.69) is 0 Å². The fourth-order valence-corrected chi connectivity index (χ4v) is 6.52. The molecule has 3 aliphatic carbocycles. The van der Waals surface area contributed by atoms with Gasteiger partial charge in [-0.25, -0.2) is 0 Å². The van der Waals surface area contributed by atoms with E-state index in [0.717, 1.165) is 0 Å². The molecule has 2 saturated carbocycles. The summed E-state index contributed by atoms with van der Waals surface area (Å²) < 4.78 is 0. The van der Waals surface area contributed by atoms with Gasteiger partial charge in [0.2, 0.25) is 5.91 Å². The molecule has 0 radical (unpaired) electrons. The SMILES string of the molecule is CC(=O)C1C2C(C(=O)c3c(O)cccc3C2C)C(=O)C2(O)C(=O)C(C(N)=O)C(=O)C(N(C)C)C12. The quantitative estimate of drug-likeness (QED) is 0.480. The molecule has 0 aromatic heterocycles. The van der Waals surface area contributed by atoms with Gasteiger partial charge in [0, 0.05) is 11.8 Å². The van der Waals surface area contributed by atoms with Crippen molar-refractivity contribution in [3.05, 3.63) is 29.3 Å². The van der Waals surface area contributed by atoms with Crippen LogP contribution in [0.4, 0.5) is 0 Å². The van der Waals surface area contributed by atoms with E-state index >= 15 is 0 Å². The number of nitrogens with zero attached hydrogens (tertiary/aromatic N) is 1. The first-order valence-corrected chi connectivity index (χ1v) is 10.9. The largest absolute Gasteiger partial charge is 0.507 e. The molecule has 0 saturated heterocycles. The lowest BCUT2D eigenvalue weighted by Crippen LogP contribution is -2.77. The maximum atomic E-state index is 13.8. The Morgan fingerprint density at radius 3 is 2.24 bits per heavy atom. The van der Waals surface area contributed by atoms with Crippen molar-refractivity contribution >= 4 is 34.8 Å². The second-order valence-corrected chi connectivity index (χ2v) is 9.75. The van der Waals surface area contributed by atoms with Gasteiger partial charge < -0.3 is 15.9 Å². The Kier molecular flexibility index (Phi) is 5.37. The van der Waals surface area contributed by atoms with Gasteiger partial charge in [0.1, 0.15) is 11.5 Å². The minimum Gasteiger partial charge on any atom is -0.507 e. The van der Waals surface area contributed by atoms with E-state index in [1.807, 2.05) is 0 Å². The van der Waals surface area contributed by atoms with Crippen LogP contribution in [0.15, 0.2) is 18.2 Å². The van der Waals surface area contributed by atoms with Crippen LogP contribution in [0.1, 0.15) is 35.7 Å². The molecule has 0 spiro atoms. The Labute approximate surface area is 195 Å². The number of nitrogens with two attached hydrogens (primary N) is 1. The van der Waals surface area contributed by atoms with Crippen LogP contribution >= 0.6 is 0 Å². The van der Waals surface area contributed by atoms with Gasteiger partial charge in [0.05, 0.1) is 17.5 Å². The fraction of sp³-hybridized carbons (Fsp3) is 0.500. The normalized spacial score (nSPS) is 37.2. The topological polar surface area (TPSA) is 172 Å². The Hall–Kier alpha value is -3.24. The third kappa shape index (κ3) is 2.81. The van der Waals surface area contributed by atoms with Gasteiger partial charge in [-0.1, -0.05) is 19.1 Å². The van der Waals surface area contributed by atoms with Crippen LogP contribution in [0.5, 0.6) is 5.75 Å². The number of aliphatic hydroxyl groups is 1. The molecule has 3 aliphatic rings. The zero-order valence-electron chi connectivity index (χ0n) is 19.1. The monoisotopic (exact) mass is 470 g/mol. The van der Waals surface area contributed by atoms with Gasteiger partial charge >= 0.3 is 0 Å². The van der Waals surface area contributed by atoms with Gasteiger partial charge in [-0.2, -0.15) is 0 Å². The molecule has 1 amide bonds. The first-order valence-electron chi connectivity index (χ1n) is 10.9. The molecule has 8 atom stereocenters. The zero-order chi connectivity index (χ0) is 25.4. The lowest BCUT2D eigenvalue weighted by molar-refractivity contribution is -0.189. The predicted octanol–water partition coefficient (Wildman–Crippen LogP) is -0.757.